The summed E-state index contributed by atoms with van der Waals surface area (Å²) in [5, 5.41) is 6.58. The van der Waals surface area contributed by atoms with E-state index in [9.17, 15) is 0 Å². The van der Waals surface area contributed by atoms with E-state index in [1.165, 1.54) is 11.1 Å². The molecule has 1 aromatic heterocycles. The largest absolute Gasteiger partial charge is 0.365 e. The van der Waals surface area contributed by atoms with Crippen LogP contribution in [0.2, 0.25) is 0 Å². The van der Waals surface area contributed by atoms with Crippen molar-refractivity contribution in [3.8, 4) is 0 Å². The number of nitrogens with one attached hydrogen (secondary N) is 2. The van der Waals surface area contributed by atoms with Gasteiger partial charge in [0.1, 0.15) is 5.82 Å². The first-order chi connectivity index (χ1) is 9.42. The summed E-state index contributed by atoms with van der Waals surface area (Å²) in [5.41, 5.74) is 2.47. The quantitative estimate of drug-likeness (QED) is 0.891. The van der Waals surface area contributed by atoms with Crippen LogP contribution < -0.4 is 10.6 Å². The molecule has 1 heterocycles. The maximum absolute atomic E-state index is 4.46. The van der Waals surface area contributed by atoms with Crippen molar-refractivity contribution in [3.63, 3.8) is 0 Å². The van der Waals surface area contributed by atoms with Gasteiger partial charge in [-0.25, -0.2) is 4.98 Å². The zero-order valence-electron chi connectivity index (χ0n) is 12.6. The molecule has 2 aromatic rings. The van der Waals surface area contributed by atoms with Crippen molar-refractivity contribution >= 4 is 11.8 Å². The smallest absolute Gasteiger partial charge is 0.224 e. The van der Waals surface area contributed by atoms with Crippen LogP contribution in [-0.4, -0.2) is 15.5 Å². The maximum atomic E-state index is 4.46. The van der Waals surface area contributed by atoms with E-state index in [2.05, 4.69) is 72.6 Å². The molecule has 0 spiro atoms. The molecule has 0 aliphatic heterocycles. The molecule has 4 heteroatoms. The van der Waals surface area contributed by atoms with Crippen LogP contribution in [0.4, 0.5) is 11.8 Å². The Morgan fingerprint density at radius 2 is 1.75 bits per heavy atom. The van der Waals surface area contributed by atoms with Crippen molar-refractivity contribution in [1.82, 2.24) is 9.97 Å². The summed E-state index contributed by atoms with van der Waals surface area (Å²) in [7, 11) is 0. The van der Waals surface area contributed by atoms with Crippen molar-refractivity contribution in [2.45, 2.75) is 39.8 Å². The normalized spacial score (nSPS) is 11.2. The molecule has 4 nitrogen and oxygen atoms in total. The number of rotatable bonds is 4. The van der Waals surface area contributed by atoms with Crippen molar-refractivity contribution < 1.29 is 0 Å². The van der Waals surface area contributed by atoms with Gasteiger partial charge in [-0.2, -0.15) is 4.98 Å². The number of aryl methyl sites for hydroxylation is 1. The number of hydrogen-bond donors (Lipinski definition) is 2. The fraction of sp³-hybridized carbons (Fsp3) is 0.375. The highest BCUT2D eigenvalue weighted by Crippen LogP contribution is 2.13. The van der Waals surface area contributed by atoms with Crippen LogP contribution >= 0.6 is 0 Å². The fourth-order valence-corrected chi connectivity index (χ4v) is 1.78. The molecule has 106 valence electrons. The minimum Gasteiger partial charge on any atom is -0.365 e. The van der Waals surface area contributed by atoms with Crippen LogP contribution in [0.3, 0.4) is 0 Å². The topological polar surface area (TPSA) is 49.8 Å². The van der Waals surface area contributed by atoms with Gasteiger partial charge in [-0.3, -0.25) is 0 Å². The number of hydrogen-bond acceptors (Lipinski definition) is 4. The molecule has 2 rings (SSSR count). The van der Waals surface area contributed by atoms with Gasteiger partial charge in [0, 0.05) is 18.3 Å². The average Bonchev–Trinajstić information content (AvgIpc) is 2.36. The Morgan fingerprint density at radius 3 is 2.40 bits per heavy atom. The second kappa shape index (κ2) is 5.90. The van der Waals surface area contributed by atoms with E-state index in [0.29, 0.717) is 5.95 Å². The molecule has 0 fully saturated rings. The Morgan fingerprint density at radius 1 is 1.05 bits per heavy atom. The SMILES string of the molecule is Cc1ccc(CNc2nccc(NC(C)(C)C)n2)cc1. The van der Waals surface area contributed by atoms with E-state index in [4.69, 9.17) is 0 Å². The van der Waals surface area contributed by atoms with Crippen molar-refractivity contribution in [2.24, 2.45) is 0 Å². The summed E-state index contributed by atoms with van der Waals surface area (Å²) in [6, 6.07) is 10.3. The minimum absolute atomic E-state index is 0.0113. The summed E-state index contributed by atoms with van der Waals surface area (Å²) >= 11 is 0. The van der Waals surface area contributed by atoms with Gasteiger partial charge in [-0.15, -0.1) is 0 Å². The predicted molar refractivity (Wildman–Crippen MR) is 83.9 cm³/mol. The Balaban J connectivity index is 1.99. The van der Waals surface area contributed by atoms with Gasteiger partial charge >= 0.3 is 0 Å². The van der Waals surface area contributed by atoms with Gasteiger partial charge in [0.2, 0.25) is 5.95 Å². The molecule has 0 aliphatic carbocycles. The van der Waals surface area contributed by atoms with Crippen molar-refractivity contribution in [3.05, 3.63) is 47.7 Å². The fourth-order valence-electron chi connectivity index (χ4n) is 1.78. The Hall–Kier alpha value is -2.10. The average molecular weight is 270 g/mol. The van der Waals surface area contributed by atoms with Crippen molar-refractivity contribution in [1.29, 1.82) is 0 Å². The molecule has 0 amide bonds. The summed E-state index contributed by atoms with van der Waals surface area (Å²) in [5.74, 6) is 1.47. The highest BCUT2D eigenvalue weighted by molar-refractivity contribution is 5.41. The van der Waals surface area contributed by atoms with Crippen LogP contribution in [0.5, 0.6) is 0 Å². The highest BCUT2D eigenvalue weighted by atomic mass is 15.1. The van der Waals surface area contributed by atoms with E-state index in [0.717, 1.165) is 12.4 Å². The molecule has 1 aromatic carbocycles. The molecule has 2 N–H and O–H groups in total. The summed E-state index contributed by atoms with van der Waals surface area (Å²) < 4.78 is 0. The number of anilines is 2. The van der Waals surface area contributed by atoms with Gasteiger partial charge in [0.25, 0.3) is 0 Å². The minimum atomic E-state index is -0.0113. The van der Waals surface area contributed by atoms with Crippen LogP contribution in [0.25, 0.3) is 0 Å². The van der Waals surface area contributed by atoms with Crippen LogP contribution in [0.15, 0.2) is 36.5 Å². The van der Waals surface area contributed by atoms with Gasteiger partial charge < -0.3 is 10.6 Å². The summed E-state index contributed by atoms with van der Waals surface area (Å²) in [4.78, 5) is 8.70. The summed E-state index contributed by atoms with van der Waals surface area (Å²) in [6.45, 7) is 9.12. The maximum Gasteiger partial charge on any atom is 0.224 e. The van der Waals surface area contributed by atoms with Crippen LogP contribution in [0.1, 0.15) is 31.9 Å². The van der Waals surface area contributed by atoms with Gasteiger partial charge in [-0.05, 0) is 39.3 Å². The van der Waals surface area contributed by atoms with Crippen molar-refractivity contribution in [2.75, 3.05) is 10.6 Å². The van der Waals surface area contributed by atoms with E-state index < -0.39 is 0 Å². The summed E-state index contributed by atoms with van der Waals surface area (Å²) in [6.07, 6.45) is 1.76. The highest BCUT2D eigenvalue weighted by Gasteiger charge is 2.10. The Bertz CT molecular complexity index is 555. The lowest BCUT2D eigenvalue weighted by atomic mass is 10.1. The first kappa shape index (κ1) is 14.3. The van der Waals surface area contributed by atoms with Gasteiger partial charge in [0.05, 0.1) is 0 Å². The standard InChI is InChI=1S/C16H22N4/c1-12-5-7-13(8-6-12)11-18-15-17-10-9-14(19-15)20-16(2,3)4/h5-10H,11H2,1-4H3,(H2,17,18,19,20). The number of nitrogens with zero attached hydrogens (tertiary/aromatic N) is 2. The predicted octanol–water partition coefficient (Wildman–Crippen LogP) is 3.61. The van der Waals surface area contributed by atoms with Crippen LogP contribution in [0, 0.1) is 6.92 Å². The zero-order valence-corrected chi connectivity index (χ0v) is 12.6. The molecule has 0 unspecified atom stereocenters. The third kappa shape index (κ3) is 4.53. The third-order valence-corrected chi connectivity index (χ3v) is 2.73. The molecule has 0 radical (unpaired) electrons. The molecular weight excluding hydrogens is 248 g/mol. The lowest BCUT2D eigenvalue weighted by molar-refractivity contribution is 0.630. The van der Waals surface area contributed by atoms with E-state index in [-0.39, 0.29) is 5.54 Å². The lowest BCUT2D eigenvalue weighted by Gasteiger charge is -2.21. The monoisotopic (exact) mass is 270 g/mol. The number of aromatic nitrogens is 2. The van der Waals surface area contributed by atoms with Gasteiger partial charge in [-0.1, -0.05) is 29.8 Å². The van der Waals surface area contributed by atoms with E-state index in [1.54, 1.807) is 6.20 Å². The Kier molecular flexibility index (Phi) is 4.23. The third-order valence-electron chi connectivity index (χ3n) is 2.73. The second-order valence-corrected chi connectivity index (χ2v) is 5.98. The first-order valence-electron chi connectivity index (χ1n) is 6.83. The number of benzene rings is 1. The molecule has 20 heavy (non-hydrogen) atoms. The van der Waals surface area contributed by atoms with Gasteiger partial charge in [0.15, 0.2) is 0 Å². The lowest BCUT2D eigenvalue weighted by Crippen LogP contribution is -2.26. The molecule has 0 atom stereocenters. The van der Waals surface area contributed by atoms with E-state index >= 15 is 0 Å². The molecular formula is C16H22N4. The zero-order chi connectivity index (χ0) is 14.6. The van der Waals surface area contributed by atoms with E-state index in [1.807, 2.05) is 6.07 Å². The molecule has 0 aliphatic rings. The molecule has 0 saturated carbocycles. The second-order valence-electron chi connectivity index (χ2n) is 5.98. The molecule has 0 saturated heterocycles. The Labute approximate surface area is 120 Å². The van der Waals surface area contributed by atoms with Crippen LogP contribution in [-0.2, 0) is 6.54 Å². The molecule has 0 bridgehead atoms. The first-order valence-corrected chi connectivity index (χ1v) is 6.83.